The molecule has 1 heterocycles. The van der Waals surface area contributed by atoms with Crippen LogP contribution in [0.15, 0.2) is 0 Å². The van der Waals surface area contributed by atoms with Crippen LogP contribution in [0.1, 0.15) is 60.3 Å². The Labute approximate surface area is 123 Å². The van der Waals surface area contributed by atoms with E-state index in [0.29, 0.717) is 18.9 Å². The first kappa shape index (κ1) is 17.0. The number of amides is 2. The van der Waals surface area contributed by atoms with Crippen molar-refractivity contribution < 1.29 is 9.59 Å². The van der Waals surface area contributed by atoms with Gasteiger partial charge in [0.05, 0.1) is 0 Å². The highest BCUT2D eigenvalue weighted by molar-refractivity contribution is 5.82. The topological polar surface area (TPSA) is 49.4 Å². The van der Waals surface area contributed by atoms with Gasteiger partial charge in [-0.2, -0.15) is 0 Å². The Morgan fingerprint density at radius 1 is 1.20 bits per heavy atom. The van der Waals surface area contributed by atoms with Crippen LogP contribution >= 0.6 is 0 Å². The first-order valence-electron chi connectivity index (χ1n) is 7.86. The molecule has 1 N–H and O–H groups in total. The minimum Gasteiger partial charge on any atom is -0.351 e. The molecular weight excluding hydrogens is 252 g/mol. The molecule has 4 nitrogen and oxygen atoms in total. The normalized spacial score (nSPS) is 23.6. The molecule has 1 aliphatic rings. The lowest BCUT2D eigenvalue weighted by Crippen LogP contribution is -2.54. The number of rotatable bonds is 4. The standard InChI is InChI=1S/C16H30N2O2/c1-6-8-14(19)18-10-12(7-2)9-13(11-18)17-15(20)16(3,4)5/h12-13H,6-11H2,1-5H3,(H,17,20). The number of likely N-dealkylation sites (tertiary alicyclic amines) is 1. The summed E-state index contributed by atoms with van der Waals surface area (Å²) in [5.74, 6) is 0.789. The zero-order valence-corrected chi connectivity index (χ0v) is 13.7. The SMILES string of the molecule is CCCC(=O)N1CC(CC)CC(NC(=O)C(C)(C)C)C1. The van der Waals surface area contributed by atoms with Gasteiger partial charge in [0.15, 0.2) is 0 Å². The molecule has 0 spiro atoms. The number of nitrogens with zero attached hydrogens (tertiary/aromatic N) is 1. The molecule has 1 rings (SSSR count). The monoisotopic (exact) mass is 282 g/mol. The van der Waals surface area contributed by atoms with Crippen LogP contribution in [0.4, 0.5) is 0 Å². The maximum atomic E-state index is 12.1. The van der Waals surface area contributed by atoms with Crippen molar-refractivity contribution in [3.63, 3.8) is 0 Å². The Morgan fingerprint density at radius 2 is 1.85 bits per heavy atom. The van der Waals surface area contributed by atoms with Crippen LogP contribution in [0.2, 0.25) is 0 Å². The van der Waals surface area contributed by atoms with Crippen molar-refractivity contribution in [3.8, 4) is 0 Å². The van der Waals surface area contributed by atoms with E-state index in [2.05, 4.69) is 12.2 Å². The average molecular weight is 282 g/mol. The number of nitrogens with one attached hydrogen (secondary N) is 1. The smallest absolute Gasteiger partial charge is 0.225 e. The van der Waals surface area contributed by atoms with Gasteiger partial charge in [-0.3, -0.25) is 9.59 Å². The van der Waals surface area contributed by atoms with Crippen LogP contribution in [0.5, 0.6) is 0 Å². The van der Waals surface area contributed by atoms with Gasteiger partial charge in [-0.05, 0) is 18.8 Å². The molecule has 116 valence electrons. The highest BCUT2D eigenvalue weighted by atomic mass is 16.2. The van der Waals surface area contributed by atoms with Crippen LogP contribution in [-0.4, -0.2) is 35.8 Å². The van der Waals surface area contributed by atoms with E-state index < -0.39 is 0 Å². The lowest BCUT2D eigenvalue weighted by atomic mass is 9.90. The Balaban J connectivity index is 2.67. The molecule has 0 aliphatic carbocycles. The van der Waals surface area contributed by atoms with Crippen molar-refractivity contribution in [3.05, 3.63) is 0 Å². The van der Waals surface area contributed by atoms with Crippen molar-refractivity contribution in [2.24, 2.45) is 11.3 Å². The highest BCUT2D eigenvalue weighted by Crippen LogP contribution is 2.22. The fraction of sp³-hybridized carbons (Fsp3) is 0.875. The summed E-state index contributed by atoms with van der Waals surface area (Å²) in [6.07, 6.45) is 3.52. The largest absolute Gasteiger partial charge is 0.351 e. The van der Waals surface area contributed by atoms with E-state index in [1.807, 2.05) is 32.6 Å². The average Bonchev–Trinajstić information content (AvgIpc) is 2.37. The third kappa shape index (κ3) is 4.80. The second kappa shape index (κ2) is 7.09. The highest BCUT2D eigenvalue weighted by Gasteiger charge is 2.31. The third-order valence-corrected chi connectivity index (χ3v) is 3.95. The summed E-state index contributed by atoms with van der Waals surface area (Å²) < 4.78 is 0. The second-order valence-corrected chi connectivity index (χ2v) is 6.98. The summed E-state index contributed by atoms with van der Waals surface area (Å²) >= 11 is 0. The van der Waals surface area contributed by atoms with Gasteiger partial charge in [-0.1, -0.05) is 41.0 Å². The van der Waals surface area contributed by atoms with E-state index in [0.717, 1.165) is 25.8 Å². The number of carbonyl (C=O) groups is 2. The zero-order chi connectivity index (χ0) is 15.3. The van der Waals surface area contributed by atoms with E-state index in [1.54, 1.807) is 0 Å². The van der Waals surface area contributed by atoms with Crippen LogP contribution in [-0.2, 0) is 9.59 Å². The van der Waals surface area contributed by atoms with Crippen molar-refractivity contribution in [2.45, 2.75) is 66.3 Å². The summed E-state index contributed by atoms with van der Waals surface area (Å²) in [5.41, 5.74) is -0.378. The maximum absolute atomic E-state index is 12.1. The first-order valence-corrected chi connectivity index (χ1v) is 7.86. The molecule has 0 bridgehead atoms. The number of hydrogen-bond donors (Lipinski definition) is 1. The molecule has 20 heavy (non-hydrogen) atoms. The summed E-state index contributed by atoms with van der Waals surface area (Å²) in [6.45, 7) is 11.4. The van der Waals surface area contributed by atoms with E-state index >= 15 is 0 Å². The molecule has 0 radical (unpaired) electrons. The lowest BCUT2D eigenvalue weighted by Gasteiger charge is -2.38. The molecule has 1 saturated heterocycles. The van der Waals surface area contributed by atoms with Gasteiger partial charge in [-0.25, -0.2) is 0 Å². The number of hydrogen-bond acceptors (Lipinski definition) is 2. The Morgan fingerprint density at radius 3 is 2.35 bits per heavy atom. The Kier molecular flexibility index (Phi) is 6.03. The summed E-state index contributed by atoms with van der Waals surface area (Å²) in [7, 11) is 0. The predicted octanol–water partition coefficient (Wildman–Crippen LogP) is 2.58. The molecule has 4 heteroatoms. The molecule has 1 aliphatic heterocycles. The Hall–Kier alpha value is -1.06. The van der Waals surface area contributed by atoms with Crippen molar-refractivity contribution in [1.29, 1.82) is 0 Å². The van der Waals surface area contributed by atoms with Crippen molar-refractivity contribution >= 4 is 11.8 Å². The molecule has 0 aromatic rings. The molecule has 0 aromatic heterocycles. The summed E-state index contributed by atoms with van der Waals surface area (Å²) in [6, 6.07) is 0.0984. The molecule has 2 amide bonds. The van der Waals surface area contributed by atoms with Crippen LogP contribution in [0.3, 0.4) is 0 Å². The number of piperidine rings is 1. The maximum Gasteiger partial charge on any atom is 0.225 e. The predicted molar refractivity (Wildman–Crippen MR) is 81.3 cm³/mol. The van der Waals surface area contributed by atoms with Crippen molar-refractivity contribution in [1.82, 2.24) is 10.2 Å². The van der Waals surface area contributed by atoms with Crippen LogP contribution in [0, 0.1) is 11.3 Å². The van der Waals surface area contributed by atoms with E-state index in [4.69, 9.17) is 0 Å². The van der Waals surface area contributed by atoms with E-state index in [1.165, 1.54) is 0 Å². The van der Waals surface area contributed by atoms with Gasteiger partial charge in [-0.15, -0.1) is 0 Å². The minimum atomic E-state index is -0.378. The van der Waals surface area contributed by atoms with Gasteiger partial charge in [0.1, 0.15) is 0 Å². The third-order valence-electron chi connectivity index (χ3n) is 3.95. The number of carbonyl (C=O) groups excluding carboxylic acids is 2. The van der Waals surface area contributed by atoms with Gasteiger partial charge in [0, 0.05) is 31.0 Å². The van der Waals surface area contributed by atoms with Gasteiger partial charge < -0.3 is 10.2 Å². The van der Waals surface area contributed by atoms with E-state index in [-0.39, 0.29) is 23.3 Å². The van der Waals surface area contributed by atoms with Gasteiger partial charge >= 0.3 is 0 Å². The second-order valence-electron chi connectivity index (χ2n) is 6.98. The quantitative estimate of drug-likeness (QED) is 0.861. The van der Waals surface area contributed by atoms with Crippen molar-refractivity contribution in [2.75, 3.05) is 13.1 Å². The van der Waals surface area contributed by atoms with Gasteiger partial charge in [0.2, 0.25) is 11.8 Å². The molecule has 0 saturated carbocycles. The lowest BCUT2D eigenvalue weighted by molar-refractivity contribution is -0.136. The molecule has 1 fully saturated rings. The molecule has 2 atom stereocenters. The molecule has 0 aromatic carbocycles. The zero-order valence-electron chi connectivity index (χ0n) is 13.7. The summed E-state index contributed by atoms with van der Waals surface area (Å²) in [5, 5.41) is 3.12. The fourth-order valence-electron chi connectivity index (χ4n) is 2.58. The molecule has 2 unspecified atom stereocenters. The fourth-order valence-corrected chi connectivity index (χ4v) is 2.58. The summed E-state index contributed by atoms with van der Waals surface area (Å²) in [4.78, 5) is 26.2. The molecular formula is C16H30N2O2. The van der Waals surface area contributed by atoms with Gasteiger partial charge in [0.25, 0.3) is 0 Å². The minimum absolute atomic E-state index is 0.0714. The van der Waals surface area contributed by atoms with Crippen LogP contribution < -0.4 is 5.32 Å². The Bertz CT molecular complexity index is 347. The van der Waals surface area contributed by atoms with Crippen LogP contribution in [0.25, 0.3) is 0 Å². The van der Waals surface area contributed by atoms with E-state index in [9.17, 15) is 9.59 Å². The first-order chi connectivity index (χ1) is 9.27.